The average Bonchev–Trinajstić information content (AvgIpc) is 3.24. The monoisotopic (exact) mass is 413 g/mol. The van der Waals surface area contributed by atoms with Crippen molar-refractivity contribution in [2.75, 3.05) is 0 Å². The van der Waals surface area contributed by atoms with Crippen LogP contribution in [0, 0.1) is 0 Å². The number of imidazole rings is 1. The van der Waals surface area contributed by atoms with E-state index in [9.17, 15) is 9.90 Å². The van der Waals surface area contributed by atoms with Crippen molar-refractivity contribution in [3.05, 3.63) is 71.9 Å². The third kappa shape index (κ3) is 3.94. The van der Waals surface area contributed by atoms with Crippen molar-refractivity contribution in [1.82, 2.24) is 15.0 Å². The minimum Gasteiger partial charge on any atom is -0.439 e. The van der Waals surface area contributed by atoms with E-state index >= 15 is 0 Å². The third-order valence-corrected chi connectivity index (χ3v) is 5.90. The van der Waals surface area contributed by atoms with Gasteiger partial charge in [0.2, 0.25) is 5.88 Å². The summed E-state index contributed by atoms with van der Waals surface area (Å²) < 4.78 is 6.18. The van der Waals surface area contributed by atoms with E-state index in [1.54, 1.807) is 18.3 Å². The predicted octanol–water partition coefficient (Wildman–Crippen LogP) is 5.25. The van der Waals surface area contributed by atoms with Crippen molar-refractivity contribution >= 4 is 17.3 Å². The molecule has 0 radical (unpaired) electrons. The van der Waals surface area contributed by atoms with Gasteiger partial charge in [-0.05, 0) is 61.6 Å². The van der Waals surface area contributed by atoms with Crippen molar-refractivity contribution in [3.8, 4) is 23.0 Å². The van der Waals surface area contributed by atoms with Crippen LogP contribution >= 0.6 is 0 Å². The van der Waals surface area contributed by atoms with E-state index in [4.69, 9.17) is 4.74 Å². The van der Waals surface area contributed by atoms with E-state index in [-0.39, 0.29) is 12.0 Å². The maximum Gasteiger partial charge on any atom is 0.222 e. The molecule has 0 aliphatic heterocycles. The lowest BCUT2D eigenvalue weighted by molar-refractivity contribution is 0.112. The number of H-pyrrole nitrogens is 1. The molecule has 1 aliphatic carbocycles. The van der Waals surface area contributed by atoms with Crippen LogP contribution in [0.15, 0.2) is 60.8 Å². The summed E-state index contributed by atoms with van der Waals surface area (Å²) in [4.78, 5) is 24.0. The standard InChI is InChI=1S/C25H23N3O3/c29-15-17-10-11-19(14-21(17)24-27-22-8-1-2-9-23(22)28-24)31-25-20(7-4-12-26-25)16-5-3-6-18(30)13-16/h1-2,4,7-12,14-16,18,30H,3,5-6,13H2,(H,27,28)/t16-,18+/m0/s1. The van der Waals surface area contributed by atoms with Crippen LogP contribution in [0.3, 0.4) is 0 Å². The van der Waals surface area contributed by atoms with Crippen molar-refractivity contribution in [2.45, 2.75) is 37.7 Å². The number of aromatic nitrogens is 3. The molecule has 1 fully saturated rings. The number of pyridine rings is 1. The molecule has 0 unspecified atom stereocenters. The number of benzene rings is 2. The van der Waals surface area contributed by atoms with Crippen LogP contribution in [0.4, 0.5) is 0 Å². The van der Waals surface area contributed by atoms with Gasteiger partial charge in [0.1, 0.15) is 11.6 Å². The SMILES string of the molecule is O=Cc1ccc(Oc2ncccc2[C@H]2CCC[C@@H](O)C2)cc1-c1nc2ccccc2[nH]1. The molecule has 2 aromatic carbocycles. The van der Waals surface area contributed by atoms with Gasteiger partial charge in [0.25, 0.3) is 0 Å². The van der Waals surface area contributed by atoms with Crippen molar-refractivity contribution < 1.29 is 14.6 Å². The molecule has 2 N–H and O–H groups in total. The second kappa shape index (κ2) is 8.32. The van der Waals surface area contributed by atoms with Gasteiger partial charge in [-0.3, -0.25) is 4.79 Å². The van der Waals surface area contributed by atoms with Crippen LogP contribution in [-0.4, -0.2) is 32.4 Å². The number of carbonyl (C=O) groups is 1. The number of aldehydes is 1. The molecule has 2 heterocycles. The fourth-order valence-electron chi connectivity index (χ4n) is 4.34. The molecule has 6 heteroatoms. The van der Waals surface area contributed by atoms with Crippen LogP contribution in [0.2, 0.25) is 0 Å². The number of ether oxygens (including phenoxy) is 1. The van der Waals surface area contributed by atoms with E-state index in [1.165, 1.54) is 0 Å². The molecule has 156 valence electrons. The van der Waals surface area contributed by atoms with Crippen LogP contribution in [0.25, 0.3) is 22.4 Å². The van der Waals surface area contributed by atoms with Crippen LogP contribution in [0.5, 0.6) is 11.6 Å². The highest BCUT2D eigenvalue weighted by atomic mass is 16.5. The number of carbonyl (C=O) groups excluding carboxylic acids is 1. The fraction of sp³-hybridized carbons (Fsp3) is 0.240. The summed E-state index contributed by atoms with van der Waals surface area (Å²) in [6.07, 6.45) is 5.81. The number of nitrogens with zero attached hydrogens (tertiary/aromatic N) is 2. The Bertz CT molecular complexity index is 1200. The number of nitrogens with one attached hydrogen (secondary N) is 1. The zero-order valence-electron chi connectivity index (χ0n) is 17.0. The normalized spacial score (nSPS) is 18.7. The van der Waals surface area contributed by atoms with Gasteiger partial charge in [0, 0.05) is 22.9 Å². The highest BCUT2D eigenvalue weighted by Crippen LogP contribution is 2.38. The highest BCUT2D eigenvalue weighted by Gasteiger charge is 2.25. The maximum atomic E-state index is 11.7. The predicted molar refractivity (Wildman–Crippen MR) is 118 cm³/mol. The molecule has 31 heavy (non-hydrogen) atoms. The Kier molecular flexibility index (Phi) is 5.22. The molecule has 6 nitrogen and oxygen atoms in total. The summed E-state index contributed by atoms with van der Waals surface area (Å²) in [6, 6.07) is 17.0. The van der Waals surface area contributed by atoms with Crippen LogP contribution in [-0.2, 0) is 0 Å². The fourth-order valence-corrected chi connectivity index (χ4v) is 4.34. The minimum absolute atomic E-state index is 0.219. The Labute approximate surface area is 179 Å². The molecule has 0 saturated heterocycles. The number of hydrogen-bond donors (Lipinski definition) is 2. The lowest BCUT2D eigenvalue weighted by atomic mass is 9.83. The van der Waals surface area contributed by atoms with E-state index < -0.39 is 0 Å². The second-order valence-corrected chi connectivity index (χ2v) is 7.99. The number of aromatic amines is 1. The third-order valence-electron chi connectivity index (χ3n) is 5.90. The van der Waals surface area contributed by atoms with E-state index in [0.717, 1.165) is 48.6 Å². The first kappa shape index (κ1) is 19.5. The molecule has 5 rings (SSSR count). The quantitative estimate of drug-likeness (QED) is 0.436. The van der Waals surface area contributed by atoms with Crippen LogP contribution < -0.4 is 4.74 Å². The Hall–Kier alpha value is -3.51. The topological polar surface area (TPSA) is 88.1 Å². The Morgan fingerprint density at radius 2 is 2.00 bits per heavy atom. The van der Waals surface area contributed by atoms with E-state index in [0.29, 0.717) is 28.6 Å². The summed E-state index contributed by atoms with van der Waals surface area (Å²) in [5.74, 6) is 1.95. The lowest BCUT2D eigenvalue weighted by Gasteiger charge is -2.27. The number of fused-ring (bicyclic) bond motifs is 1. The van der Waals surface area contributed by atoms with Gasteiger partial charge in [-0.2, -0.15) is 0 Å². The Morgan fingerprint density at radius 1 is 1.10 bits per heavy atom. The maximum absolute atomic E-state index is 11.7. The highest BCUT2D eigenvalue weighted by molar-refractivity contribution is 5.89. The van der Waals surface area contributed by atoms with Gasteiger partial charge in [0.05, 0.1) is 17.1 Å². The molecule has 0 bridgehead atoms. The summed E-state index contributed by atoms with van der Waals surface area (Å²) in [6.45, 7) is 0. The Balaban J connectivity index is 1.50. The number of aliphatic hydroxyl groups is 1. The second-order valence-electron chi connectivity index (χ2n) is 7.99. The first-order valence-electron chi connectivity index (χ1n) is 10.6. The van der Waals surface area contributed by atoms with Crippen molar-refractivity contribution in [2.24, 2.45) is 0 Å². The van der Waals surface area contributed by atoms with Gasteiger partial charge in [-0.25, -0.2) is 9.97 Å². The number of rotatable bonds is 5. The molecule has 1 aliphatic rings. The Morgan fingerprint density at radius 3 is 2.84 bits per heavy atom. The molecular weight excluding hydrogens is 390 g/mol. The van der Waals surface area contributed by atoms with Crippen LogP contribution in [0.1, 0.15) is 47.5 Å². The average molecular weight is 413 g/mol. The summed E-state index contributed by atoms with van der Waals surface area (Å²) in [7, 11) is 0. The molecular formula is C25H23N3O3. The number of hydrogen-bond acceptors (Lipinski definition) is 5. The molecule has 2 aromatic heterocycles. The van der Waals surface area contributed by atoms with Crippen molar-refractivity contribution in [1.29, 1.82) is 0 Å². The van der Waals surface area contributed by atoms with Gasteiger partial charge in [-0.1, -0.05) is 24.6 Å². The zero-order chi connectivity index (χ0) is 21.2. The number of para-hydroxylation sites is 2. The van der Waals surface area contributed by atoms with Gasteiger partial charge in [-0.15, -0.1) is 0 Å². The van der Waals surface area contributed by atoms with Gasteiger partial charge in [0.15, 0.2) is 6.29 Å². The lowest BCUT2D eigenvalue weighted by Crippen LogP contribution is -2.18. The zero-order valence-corrected chi connectivity index (χ0v) is 17.0. The van der Waals surface area contributed by atoms with Gasteiger partial charge < -0.3 is 14.8 Å². The van der Waals surface area contributed by atoms with E-state index in [1.807, 2.05) is 42.5 Å². The molecule has 1 saturated carbocycles. The summed E-state index contributed by atoms with van der Waals surface area (Å²) >= 11 is 0. The number of aliphatic hydroxyl groups excluding tert-OH is 1. The van der Waals surface area contributed by atoms with Gasteiger partial charge >= 0.3 is 0 Å². The molecule has 0 spiro atoms. The first-order valence-corrected chi connectivity index (χ1v) is 10.6. The minimum atomic E-state index is -0.279. The summed E-state index contributed by atoms with van der Waals surface area (Å²) in [5.41, 5.74) is 3.95. The van der Waals surface area contributed by atoms with E-state index in [2.05, 4.69) is 15.0 Å². The molecule has 0 amide bonds. The first-order chi connectivity index (χ1) is 15.2. The summed E-state index contributed by atoms with van der Waals surface area (Å²) in [5, 5.41) is 10.1. The van der Waals surface area contributed by atoms with Crippen molar-refractivity contribution in [3.63, 3.8) is 0 Å². The smallest absolute Gasteiger partial charge is 0.222 e. The molecule has 4 aromatic rings. The largest absolute Gasteiger partial charge is 0.439 e. The molecule has 2 atom stereocenters.